The zero-order valence-corrected chi connectivity index (χ0v) is 9.87. The highest BCUT2D eigenvalue weighted by atomic mass is 19.3. The quantitative estimate of drug-likeness (QED) is 0.720. The minimum atomic E-state index is -3.18. The van der Waals surface area contributed by atoms with Crippen LogP contribution in [0.4, 0.5) is 13.6 Å². The van der Waals surface area contributed by atoms with E-state index in [1.54, 1.807) is 20.8 Å². The van der Waals surface area contributed by atoms with E-state index >= 15 is 0 Å². The van der Waals surface area contributed by atoms with Crippen molar-refractivity contribution in [1.82, 2.24) is 4.90 Å². The van der Waals surface area contributed by atoms with Gasteiger partial charge in [-0.1, -0.05) is 0 Å². The molecule has 1 heterocycles. The number of amides is 1. The number of carbonyl (C=O) groups excluding carboxylic acids is 1. The van der Waals surface area contributed by atoms with Gasteiger partial charge in [0.15, 0.2) is 0 Å². The molecule has 1 aliphatic heterocycles. The molecule has 1 N–H and O–H groups in total. The average Bonchev–Trinajstić information content (AvgIpc) is 2.38. The van der Waals surface area contributed by atoms with Gasteiger partial charge in [-0.3, -0.25) is 4.90 Å². The molecule has 1 aliphatic rings. The van der Waals surface area contributed by atoms with E-state index < -0.39 is 42.6 Å². The molecule has 0 aromatic heterocycles. The highest BCUT2D eigenvalue weighted by Gasteiger charge is 2.51. The van der Waals surface area contributed by atoms with Crippen molar-refractivity contribution >= 4 is 12.1 Å². The van der Waals surface area contributed by atoms with Crippen LogP contribution < -0.4 is 0 Å². The number of carboxylic acid groups (broad SMARTS) is 1. The maximum absolute atomic E-state index is 13.1. The predicted molar refractivity (Wildman–Crippen MR) is 53.9 cm³/mol. The summed E-state index contributed by atoms with van der Waals surface area (Å²) in [5.41, 5.74) is -0.834. The summed E-state index contributed by atoms with van der Waals surface area (Å²) < 4.78 is 31.1. The van der Waals surface area contributed by atoms with Gasteiger partial charge in [-0.05, 0) is 20.8 Å². The molecule has 0 aromatic rings. The van der Waals surface area contributed by atoms with Crippen molar-refractivity contribution in [3.8, 4) is 0 Å². The van der Waals surface area contributed by atoms with Gasteiger partial charge in [0.05, 0.1) is 6.54 Å². The fraction of sp³-hybridized carbons (Fsp3) is 0.800. The second kappa shape index (κ2) is 4.12. The first kappa shape index (κ1) is 13.7. The molecule has 17 heavy (non-hydrogen) atoms. The van der Waals surface area contributed by atoms with Crippen molar-refractivity contribution in [2.24, 2.45) is 0 Å². The molecule has 0 aliphatic carbocycles. The van der Waals surface area contributed by atoms with Gasteiger partial charge in [0.1, 0.15) is 11.6 Å². The summed E-state index contributed by atoms with van der Waals surface area (Å²) in [7, 11) is 0. The first-order valence-corrected chi connectivity index (χ1v) is 5.12. The largest absolute Gasteiger partial charge is 0.465 e. The number of rotatable bonds is 1. The van der Waals surface area contributed by atoms with Crippen LogP contribution >= 0.6 is 0 Å². The smallest absolute Gasteiger partial charge is 0.408 e. The minimum absolute atomic E-state index is 0.425. The third kappa shape index (κ3) is 3.54. The lowest BCUT2D eigenvalue weighted by Gasteiger charge is -2.25. The van der Waals surface area contributed by atoms with E-state index in [-0.39, 0.29) is 0 Å². The van der Waals surface area contributed by atoms with Gasteiger partial charge < -0.3 is 9.84 Å². The highest BCUT2D eigenvalue weighted by Crippen LogP contribution is 2.33. The summed E-state index contributed by atoms with van der Waals surface area (Å²) >= 11 is 0. The van der Waals surface area contributed by atoms with Crippen molar-refractivity contribution in [3.05, 3.63) is 0 Å². The molecule has 0 radical (unpaired) electrons. The Hall–Kier alpha value is -1.40. The third-order valence-corrected chi connectivity index (χ3v) is 2.19. The maximum Gasteiger partial charge on any atom is 0.408 e. The van der Waals surface area contributed by atoms with E-state index in [2.05, 4.69) is 0 Å². The molecule has 0 spiro atoms. The van der Waals surface area contributed by atoms with Gasteiger partial charge in [-0.15, -0.1) is 0 Å². The number of nitrogens with zero attached hydrogens (tertiary/aromatic N) is 1. The summed E-state index contributed by atoms with van der Waals surface area (Å²) in [6.45, 7) is 3.79. The molecule has 0 aromatic carbocycles. The van der Waals surface area contributed by atoms with Crippen LogP contribution in [0.15, 0.2) is 0 Å². The monoisotopic (exact) mass is 251 g/mol. The Morgan fingerprint density at radius 1 is 1.41 bits per heavy atom. The van der Waals surface area contributed by atoms with Crippen LogP contribution in [-0.2, 0) is 9.53 Å². The van der Waals surface area contributed by atoms with Gasteiger partial charge in [-0.25, -0.2) is 18.4 Å². The van der Waals surface area contributed by atoms with E-state index in [4.69, 9.17) is 9.84 Å². The number of ether oxygens (including phenoxy) is 1. The molecule has 1 atom stereocenters. The normalized spacial score (nSPS) is 23.6. The Morgan fingerprint density at radius 3 is 2.35 bits per heavy atom. The van der Waals surface area contributed by atoms with Gasteiger partial charge in [0, 0.05) is 6.42 Å². The molecule has 0 unspecified atom stereocenters. The summed E-state index contributed by atoms with van der Waals surface area (Å²) in [5.74, 6) is -4.11. The lowest BCUT2D eigenvalue weighted by molar-refractivity contribution is -0.160. The van der Waals surface area contributed by atoms with Gasteiger partial charge in [0.2, 0.25) is 0 Å². The molecule has 98 valence electrons. The summed E-state index contributed by atoms with van der Waals surface area (Å²) in [4.78, 5) is 22.8. The number of hydrogen-bond donors (Lipinski definition) is 1. The summed E-state index contributed by atoms with van der Waals surface area (Å²) in [5, 5.41) is 8.75. The summed E-state index contributed by atoms with van der Waals surface area (Å²) in [6, 6.07) is -1.43. The Kier molecular flexibility index (Phi) is 3.31. The van der Waals surface area contributed by atoms with Crippen LogP contribution in [0.1, 0.15) is 27.2 Å². The van der Waals surface area contributed by atoms with Crippen LogP contribution in [0.3, 0.4) is 0 Å². The molecule has 1 saturated heterocycles. The van der Waals surface area contributed by atoms with E-state index in [1.807, 2.05) is 0 Å². The Morgan fingerprint density at radius 2 is 1.94 bits per heavy atom. The molecule has 5 nitrogen and oxygen atoms in total. The third-order valence-electron chi connectivity index (χ3n) is 2.19. The highest BCUT2D eigenvalue weighted by molar-refractivity contribution is 5.82. The van der Waals surface area contributed by atoms with Crippen LogP contribution in [0.5, 0.6) is 0 Å². The van der Waals surface area contributed by atoms with E-state index in [0.29, 0.717) is 4.90 Å². The minimum Gasteiger partial charge on any atom is -0.465 e. The molecular formula is C10H15F2NO4. The van der Waals surface area contributed by atoms with Gasteiger partial charge in [0.25, 0.3) is 5.92 Å². The standard InChI is InChI=1S/C10H15F2NO4/c1-9(2,3)17-7(14)6-4-10(11,12)5-13(6)8(15)16/h6H,4-5H2,1-3H3,(H,15,16)/t6-/m0/s1. The van der Waals surface area contributed by atoms with Crippen molar-refractivity contribution in [1.29, 1.82) is 0 Å². The second-order valence-corrected chi connectivity index (χ2v) is 5.02. The van der Waals surface area contributed by atoms with Crippen molar-refractivity contribution in [2.45, 2.75) is 44.8 Å². The zero-order valence-electron chi connectivity index (χ0n) is 9.87. The average molecular weight is 251 g/mol. The van der Waals surface area contributed by atoms with Crippen molar-refractivity contribution in [3.63, 3.8) is 0 Å². The molecule has 7 heteroatoms. The van der Waals surface area contributed by atoms with E-state index in [9.17, 15) is 18.4 Å². The SMILES string of the molecule is CC(C)(C)OC(=O)[C@@H]1CC(F)(F)CN1C(=O)O. The summed E-state index contributed by atoms with van der Waals surface area (Å²) in [6.07, 6.45) is -2.37. The van der Waals surface area contributed by atoms with Gasteiger partial charge in [-0.2, -0.15) is 0 Å². The fourth-order valence-corrected chi connectivity index (χ4v) is 1.60. The second-order valence-electron chi connectivity index (χ2n) is 5.02. The Labute approximate surface area is 97.3 Å². The number of likely N-dealkylation sites (tertiary alicyclic amines) is 1. The number of esters is 1. The first-order valence-electron chi connectivity index (χ1n) is 5.12. The number of alkyl halides is 2. The lowest BCUT2D eigenvalue weighted by atomic mass is 10.1. The molecule has 1 fully saturated rings. The predicted octanol–water partition coefficient (Wildman–Crippen LogP) is 1.72. The van der Waals surface area contributed by atoms with Gasteiger partial charge >= 0.3 is 12.1 Å². The maximum atomic E-state index is 13.1. The van der Waals surface area contributed by atoms with Crippen LogP contribution in [0, 0.1) is 0 Å². The van der Waals surface area contributed by atoms with E-state index in [0.717, 1.165) is 0 Å². The van der Waals surface area contributed by atoms with Crippen molar-refractivity contribution < 1.29 is 28.2 Å². The number of hydrogen-bond acceptors (Lipinski definition) is 3. The Bertz CT molecular complexity index is 338. The number of carbonyl (C=O) groups is 2. The molecule has 1 amide bonds. The number of halogens is 2. The van der Waals surface area contributed by atoms with Crippen LogP contribution in [-0.4, -0.2) is 46.2 Å². The topological polar surface area (TPSA) is 66.8 Å². The fourth-order valence-electron chi connectivity index (χ4n) is 1.60. The Balaban J connectivity index is 2.81. The van der Waals surface area contributed by atoms with Crippen molar-refractivity contribution in [2.75, 3.05) is 6.54 Å². The lowest BCUT2D eigenvalue weighted by Crippen LogP contribution is -2.43. The molecule has 0 bridgehead atoms. The molecular weight excluding hydrogens is 236 g/mol. The zero-order chi connectivity index (χ0) is 13.4. The van der Waals surface area contributed by atoms with E-state index in [1.165, 1.54) is 0 Å². The molecule has 1 rings (SSSR count). The van der Waals surface area contributed by atoms with Crippen LogP contribution in [0.2, 0.25) is 0 Å². The molecule has 0 saturated carbocycles. The van der Waals surface area contributed by atoms with Crippen LogP contribution in [0.25, 0.3) is 0 Å². The first-order chi connectivity index (χ1) is 7.52.